The molecule has 1 aromatic heterocycles. The quantitative estimate of drug-likeness (QED) is 0.140. The molecular weight excluding hydrogens is 559 g/mol. The van der Waals surface area contributed by atoms with E-state index in [-0.39, 0.29) is 0 Å². The van der Waals surface area contributed by atoms with Crippen molar-refractivity contribution in [3.8, 4) is 22.3 Å². The summed E-state index contributed by atoms with van der Waals surface area (Å²) in [6.45, 7) is 0. The molecule has 0 amide bonds. The van der Waals surface area contributed by atoms with Gasteiger partial charge in [0.2, 0.25) is 0 Å². The van der Waals surface area contributed by atoms with Crippen molar-refractivity contribution in [1.29, 1.82) is 0 Å². The van der Waals surface area contributed by atoms with Gasteiger partial charge in [0.25, 0.3) is 0 Å². The minimum absolute atomic E-state index is 0.300. The molecular formula is C40H24Se. The van der Waals surface area contributed by atoms with Crippen LogP contribution in [0.4, 0.5) is 0 Å². The van der Waals surface area contributed by atoms with E-state index in [4.69, 9.17) is 0 Å². The van der Waals surface area contributed by atoms with E-state index in [9.17, 15) is 0 Å². The molecule has 0 N–H and O–H groups in total. The van der Waals surface area contributed by atoms with Crippen molar-refractivity contribution in [2.24, 2.45) is 0 Å². The molecule has 0 aliphatic carbocycles. The molecule has 1 heteroatoms. The van der Waals surface area contributed by atoms with Gasteiger partial charge in [-0.3, -0.25) is 0 Å². The molecule has 190 valence electrons. The molecule has 0 fully saturated rings. The topological polar surface area (TPSA) is 0 Å². The fraction of sp³-hybridized carbons (Fsp3) is 0. The van der Waals surface area contributed by atoms with Crippen LogP contribution >= 0.6 is 0 Å². The molecule has 0 spiro atoms. The Kier molecular flexibility index (Phi) is 5.01. The Hall–Kier alpha value is -4.68. The van der Waals surface area contributed by atoms with Crippen LogP contribution in [-0.4, -0.2) is 14.5 Å². The monoisotopic (exact) mass is 584 g/mol. The van der Waals surface area contributed by atoms with Gasteiger partial charge >= 0.3 is 245 Å². The van der Waals surface area contributed by atoms with E-state index in [2.05, 4.69) is 146 Å². The Bertz CT molecular complexity index is 2280. The van der Waals surface area contributed by atoms with Crippen LogP contribution in [0.1, 0.15) is 0 Å². The number of fused-ring (bicyclic) bond motifs is 7. The first kappa shape index (κ1) is 23.1. The predicted molar refractivity (Wildman–Crippen MR) is 179 cm³/mol. The van der Waals surface area contributed by atoms with E-state index in [1.165, 1.54) is 84.6 Å². The summed E-state index contributed by atoms with van der Waals surface area (Å²) in [6.07, 6.45) is 0. The van der Waals surface area contributed by atoms with Crippen LogP contribution in [0.25, 0.3) is 84.6 Å². The van der Waals surface area contributed by atoms with Gasteiger partial charge < -0.3 is 0 Å². The number of hydrogen-bond acceptors (Lipinski definition) is 0. The maximum absolute atomic E-state index is 2.45. The second kappa shape index (κ2) is 8.91. The van der Waals surface area contributed by atoms with Crippen LogP contribution in [0.5, 0.6) is 0 Å². The standard InChI is InChI=1S/C40H24Se/c1-3-7-25(8-4-1)27-11-13-29-17-33-21-37-38-22-34-18-30-14-12-28(26-9-5-2-6-10-26)16-32(30)20-36(34)24-40(38)41-39(37)23-35(33)19-31(29)15-27/h1-24H. The van der Waals surface area contributed by atoms with Crippen molar-refractivity contribution in [3.63, 3.8) is 0 Å². The first-order valence-electron chi connectivity index (χ1n) is 14.1. The first-order chi connectivity index (χ1) is 20.2. The second-order valence-corrected chi connectivity index (χ2v) is 13.3. The summed E-state index contributed by atoms with van der Waals surface area (Å²) in [7, 11) is 0. The fourth-order valence-electron chi connectivity index (χ4n) is 6.39. The van der Waals surface area contributed by atoms with Gasteiger partial charge in [-0.15, -0.1) is 0 Å². The van der Waals surface area contributed by atoms with Crippen molar-refractivity contribution < 1.29 is 0 Å². The zero-order valence-corrected chi connectivity index (χ0v) is 24.0. The predicted octanol–water partition coefficient (Wildman–Crippen LogP) is 11.0. The number of hydrogen-bond donors (Lipinski definition) is 0. The van der Waals surface area contributed by atoms with E-state index in [1.807, 2.05) is 0 Å². The summed E-state index contributed by atoms with van der Waals surface area (Å²) in [5.41, 5.74) is 5.06. The maximum atomic E-state index is 2.45. The molecule has 0 atom stereocenters. The molecule has 1 heterocycles. The third-order valence-corrected chi connectivity index (χ3v) is 10.9. The first-order valence-corrected chi connectivity index (χ1v) is 15.8. The fourth-order valence-corrected chi connectivity index (χ4v) is 8.83. The summed E-state index contributed by atoms with van der Waals surface area (Å²) in [4.78, 5) is 0. The zero-order valence-electron chi connectivity index (χ0n) is 22.3. The molecule has 9 rings (SSSR count). The summed E-state index contributed by atoms with van der Waals surface area (Å²) < 4.78 is 2.98. The van der Waals surface area contributed by atoms with E-state index in [0.717, 1.165) is 0 Å². The molecule has 0 radical (unpaired) electrons. The van der Waals surface area contributed by atoms with Crippen LogP contribution < -0.4 is 0 Å². The van der Waals surface area contributed by atoms with E-state index >= 15 is 0 Å². The average Bonchev–Trinajstić information content (AvgIpc) is 3.36. The third-order valence-electron chi connectivity index (χ3n) is 8.51. The zero-order chi connectivity index (χ0) is 26.9. The normalized spacial score (nSPS) is 11.9. The number of benzene rings is 8. The number of rotatable bonds is 2. The van der Waals surface area contributed by atoms with Gasteiger partial charge in [0.15, 0.2) is 0 Å². The van der Waals surface area contributed by atoms with E-state index in [1.54, 1.807) is 0 Å². The van der Waals surface area contributed by atoms with Gasteiger partial charge in [-0.1, -0.05) is 0 Å². The van der Waals surface area contributed by atoms with E-state index in [0.29, 0.717) is 14.5 Å². The van der Waals surface area contributed by atoms with Crippen LogP contribution in [-0.2, 0) is 0 Å². The Morgan fingerprint density at radius 2 is 0.659 bits per heavy atom. The molecule has 0 nitrogen and oxygen atoms in total. The van der Waals surface area contributed by atoms with Gasteiger partial charge in [-0.2, -0.15) is 0 Å². The third kappa shape index (κ3) is 3.82. The van der Waals surface area contributed by atoms with Crippen molar-refractivity contribution in [1.82, 2.24) is 0 Å². The van der Waals surface area contributed by atoms with Gasteiger partial charge in [0.1, 0.15) is 0 Å². The Labute approximate surface area is 243 Å². The van der Waals surface area contributed by atoms with Crippen molar-refractivity contribution in [2.75, 3.05) is 0 Å². The summed E-state index contributed by atoms with van der Waals surface area (Å²) >= 11 is 0.300. The summed E-state index contributed by atoms with van der Waals surface area (Å²) in [5, 5.41) is 13.3. The summed E-state index contributed by atoms with van der Waals surface area (Å²) in [5.74, 6) is 0. The van der Waals surface area contributed by atoms with Gasteiger partial charge in [0.05, 0.1) is 0 Å². The van der Waals surface area contributed by atoms with Crippen LogP contribution in [0.3, 0.4) is 0 Å². The van der Waals surface area contributed by atoms with Crippen molar-refractivity contribution in [3.05, 3.63) is 146 Å². The molecule has 0 aliphatic rings. The SMILES string of the molecule is c1ccc(-c2ccc3cc4cc5c(cc4cc3c2)[se]c2cc3cc4cc(-c6ccccc6)ccc4cc3cc25)cc1. The van der Waals surface area contributed by atoms with Crippen LogP contribution in [0, 0.1) is 0 Å². The van der Waals surface area contributed by atoms with Crippen LogP contribution in [0.2, 0.25) is 0 Å². The van der Waals surface area contributed by atoms with E-state index < -0.39 is 0 Å². The Balaban J connectivity index is 1.21. The van der Waals surface area contributed by atoms with Crippen LogP contribution in [0.15, 0.2) is 146 Å². The van der Waals surface area contributed by atoms with Crippen molar-refractivity contribution >= 4 is 76.9 Å². The molecule has 0 saturated heterocycles. The molecule has 0 bridgehead atoms. The minimum atomic E-state index is 0.300. The van der Waals surface area contributed by atoms with Gasteiger partial charge in [-0.05, 0) is 0 Å². The van der Waals surface area contributed by atoms with Crippen molar-refractivity contribution in [2.45, 2.75) is 0 Å². The molecule has 8 aromatic carbocycles. The Morgan fingerprint density at radius 1 is 0.268 bits per heavy atom. The second-order valence-electron chi connectivity index (χ2n) is 11.1. The molecule has 41 heavy (non-hydrogen) atoms. The molecule has 9 aromatic rings. The summed E-state index contributed by atoms with van der Waals surface area (Å²) in [6, 6.07) is 54.3. The Morgan fingerprint density at radius 3 is 1.12 bits per heavy atom. The average molecular weight is 584 g/mol. The molecule has 0 saturated carbocycles. The van der Waals surface area contributed by atoms with Gasteiger partial charge in [-0.25, -0.2) is 0 Å². The van der Waals surface area contributed by atoms with Gasteiger partial charge in [0, 0.05) is 0 Å². The molecule has 0 aliphatic heterocycles. The molecule has 0 unspecified atom stereocenters.